The molecule has 0 bridgehead atoms. The summed E-state index contributed by atoms with van der Waals surface area (Å²) >= 11 is 5.71. The van der Waals surface area contributed by atoms with E-state index in [2.05, 4.69) is 16.2 Å². The zero-order valence-corrected chi connectivity index (χ0v) is 7.78. The molecule has 0 aliphatic rings. The molecule has 0 atom stereocenters. The first-order chi connectivity index (χ1) is 6.65. The van der Waals surface area contributed by atoms with Crippen LogP contribution in [0, 0.1) is 22.5 Å². The van der Waals surface area contributed by atoms with E-state index in [9.17, 15) is 10.1 Å². The minimum Gasteiger partial charge on any atom is -0.358 e. The summed E-state index contributed by atoms with van der Waals surface area (Å²) in [6, 6.07) is 1.22. The molecule has 0 unspecified atom stereocenters. The van der Waals surface area contributed by atoms with Gasteiger partial charge >= 0.3 is 0 Å². The average molecular weight is 212 g/mol. The lowest BCUT2D eigenvalue weighted by Gasteiger charge is -2.02. The van der Waals surface area contributed by atoms with Gasteiger partial charge in [0, 0.05) is 6.07 Å². The van der Waals surface area contributed by atoms with Gasteiger partial charge in [-0.2, -0.15) is 0 Å². The highest BCUT2D eigenvalue weighted by molar-refractivity contribution is 6.33. The fourth-order valence-corrected chi connectivity index (χ4v) is 1.02. The molecule has 0 aliphatic heterocycles. The molecule has 1 rings (SSSR count). The number of nitro groups is 1. The van der Waals surface area contributed by atoms with Crippen molar-refractivity contribution in [2.45, 2.75) is 0 Å². The molecule has 0 spiro atoms. The van der Waals surface area contributed by atoms with Crippen molar-refractivity contribution in [3.63, 3.8) is 0 Å². The third-order valence-electron chi connectivity index (χ3n) is 1.40. The Kier molecular flexibility index (Phi) is 3.26. The third kappa shape index (κ3) is 2.34. The fourth-order valence-electron chi connectivity index (χ4n) is 0.792. The van der Waals surface area contributed by atoms with Gasteiger partial charge in [-0.3, -0.25) is 10.1 Å². The normalized spacial score (nSPS) is 9.14. The van der Waals surface area contributed by atoms with Crippen molar-refractivity contribution in [3.8, 4) is 12.3 Å². The molecule has 1 N–H and O–H groups in total. The predicted molar refractivity (Wildman–Crippen MR) is 53.2 cm³/mol. The third-order valence-corrected chi connectivity index (χ3v) is 1.68. The van der Waals surface area contributed by atoms with Crippen LogP contribution in [-0.4, -0.2) is 16.5 Å². The first kappa shape index (κ1) is 10.3. The van der Waals surface area contributed by atoms with Crippen LogP contribution in [0.5, 0.6) is 0 Å². The van der Waals surface area contributed by atoms with Gasteiger partial charge in [0.1, 0.15) is 12.0 Å². The van der Waals surface area contributed by atoms with Crippen molar-refractivity contribution in [2.75, 3.05) is 11.9 Å². The van der Waals surface area contributed by atoms with Gasteiger partial charge in [-0.05, 0) is 0 Å². The van der Waals surface area contributed by atoms with E-state index < -0.39 is 4.92 Å². The molecule has 6 heteroatoms. The highest BCUT2D eigenvalue weighted by Gasteiger charge is 2.09. The first-order valence-corrected chi connectivity index (χ1v) is 4.00. The Labute approximate surface area is 85.3 Å². The SMILES string of the molecule is C#CCNc1ncc([N+](=O)[O-])cc1Cl. The summed E-state index contributed by atoms with van der Waals surface area (Å²) in [5.74, 6) is 2.68. The van der Waals surface area contributed by atoms with E-state index in [-0.39, 0.29) is 17.3 Å². The molecule has 0 radical (unpaired) electrons. The number of hydrogen-bond donors (Lipinski definition) is 1. The summed E-state index contributed by atoms with van der Waals surface area (Å²) in [7, 11) is 0. The molecule has 5 nitrogen and oxygen atoms in total. The van der Waals surface area contributed by atoms with Gasteiger partial charge in [-0.25, -0.2) is 4.98 Å². The second-order valence-corrected chi connectivity index (χ2v) is 2.75. The average Bonchev–Trinajstić information content (AvgIpc) is 2.15. The van der Waals surface area contributed by atoms with Crippen molar-refractivity contribution in [1.29, 1.82) is 0 Å². The largest absolute Gasteiger partial charge is 0.358 e. The van der Waals surface area contributed by atoms with E-state index in [1.807, 2.05) is 0 Å². The molecule has 14 heavy (non-hydrogen) atoms. The van der Waals surface area contributed by atoms with Crippen LogP contribution in [0.15, 0.2) is 12.3 Å². The highest BCUT2D eigenvalue weighted by atomic mass is 35.5. The Balaban J connectivity index is 2.91. The van der Waals surface area contributed by atoms with Gasteiger partial charge in [-0.1, -0.05) is 17.5 Å². The molecule has 0 aliphatic carbocycles. The summed E-state index contributed by atoms with van der Waals surface area (Å²) < 4.78 is 0. The van der Waals surface area contributed by atoms with E-state index in [1.165, 1.54) is 6.07 Å². The van der Waals surface area contributed by atoms with Crippen LogP contribution in [0.3, 0.4) is 0 Å². The summed E-state index contributed by atoms with van der Waals surface area (Å²) in [5.41, 5.74) is -0.152. The molecule has 1 aromatic rings. The van der Waals surface area contributed by atoms with Crippen molar-refractivity contribution >= 4 is 23.1 Å². The van der Waals surface area contributed by atoms with Crippen molar-refractivity contribution in [3.05, 3.63) is 27.4 Å². The molecule has 0 aromatic carbocycles. The smallest absolute Gasteiger partial charge is 0.289 e. The number of nitrogens with zero attached hydrogens (tertiary/aromatic N) is 2. The number of pyridine rings is 1. The lowest BCUT2D eigenvalue weighted by molar-refractivity contribution is -0.385. The van der Waals surface area contributed by atoms with Crippen LogP contribution in [0.4, 0.5) is 11.5 Å². The van der Waals surface area contributed by atoms with E-state index in [4.69, 9.17) is 18.0 Å². The minimum absolute atomic E-state index is 0.152. The maximum Gasteiger partial charge on any atom is 0.289 e. The summed E-state index contributed by atoms with van der Waals surface area (Å²) in [5, 5.41) is 13.2. The van der Waals surface area contributed by atoms with E-state index in [1.54, 1.807) is 0 Å². The van der Waals surface area contributed by atoms with Gasteiger partial charge in [0.25, 0.3) is 5.69 Å². The molecule has 0 saturated heterocycles. The van der Waals surface area contributed by atoms with E-state index in [0.717, 1.165) is 6.20 Å². The monoisotopic (exact) mass is 211 g/mol. The van der Waals surface area contributed by atoms with Crippen LogP contribution in [-0.2, 0) is 0 Å². The number of nitrogens with one attached hydrogen (secondary N) is 1. The van der Waals surface area contributed by atoms with Crippen LogP contribution < -0.4 is 5.32 Å². The molecule has 72 valence electrons. The molecular formula is C8H6ClN3O2. The number of rotatable bonds is 3. The zero-order chi connectivity index (χ0) is 10.6. The Bertz CT molecular complexity index is 400. The fraction of sp³-hybridized carbons (Fsp3) is 0.125. The zero-order valence-electron chi connectivity index (χ0n) is 7.03. The van der Waals surface area contributed by atoms with Gasteiger partial charge < -0.3 is 5.32 Å². The minimum atomic E-state index is -0.566. The lowest BCUT2D eigenvalue weighted by atomic mass is 10.4. The quantitative estimate of drug-likeness (QED) is 0.469. The van der Waals surface area contributed by atoms with Crippen molar-refractivity contribution < 1.29 is 4.92 Å². The Morgan fingerprint density at radius 3 is 3.00 bits per heavy atom. The van der Waals surface area contributed by atoms with Crippen LogP contribution in [0.2, 0.25) is 5.02 Å². The molecule has 0 fully saturated rings. The van der Waals surface area contributed by atoms with Gasteiger partial charge in [-0.15, -0.1) is 6.42 Å². The van der Waals surface area contributed by atoms with E-state index >= 15 is 0 Å². The first-order valence-electron chi connectivity index (χ1n) is 3.62. The number of hydrogen-bond acceptors (Lipinski definition) is 4. The summed E-state index contributed by atoms with van der Waals surface area (Å²) in [6.45, 7) is 0.268. The van der Waals surface area contributed by atoms with Crippen LogP contribution in [0.1, 0.15) is 0 Å². The lowest BCUT2D eigenvalue weighted by Crippen LogP contribution is -2.01. The Morgan fingerprint density at radius 1 is 1.79 bits per heavy atom. The van der Waals surface area contributed by atoms with Gasteiger partial charge in [0.15, 0.2) is 0 Å². The summed E-state index contributed by atoms with van der Waals surface area (Å²) in [4.78, 5) is 13.5. The summed E-state index contributed by atoms with van der Waals surface area (Å²) in [6.07, 6.45) is 6.13. The molecular weight excluding hydrogens is 206 g/mol. The second-order valence-electron chi connectivity index (χ2n) is 2.34. The number of terminal acetylenes is 1. The standard InChI is InChI=1S/C8H6ClN3O2/c1-2-3-10-8-7(9)4-6(5-11-8)12(13)14/h1,4-5H,3H2,(H,10,11). The van der Waals surface area contributed by atoms with Crippen LogP contribution in [0.25, 0.3) is 0 Å². The maximum absolute atomic E-state index is 10.3. The maximum atomic E-state index is 10.3. The number of halogens is 1. The Hall–Kier alpha value is -1.80. The number of aromatic nitrogens is 1. The molecule has 0 amide bonds. The highest BCUT2D eigenvalue weighted by Crippen LogP contribution is 2.23. The second kappa shape index (κ2) is 4.44. The molecule has 0 saturated carbocycles. The van der Waals surface area contributed by atoms with Gasteiger partial charge in [0.05, 0.1) is 16.5 Å². The van der Waals surface area contributed by atoms with Crippen molar-refractivity contribution in [2.24, 2.45) is 0 Å². The van der Waals surface area contributed by atoms with Crippen LogP contribution >= 0.6 is 11.6 Å². The topological polar surface area (TPSA) is 68.1 Å². The molecule has 1 aromatic heterocycles. The Morgan fingerprint density at radius 2 is 2.50 bits per heavy atom. The van der Waals surface area contributed by atoms with Crippen molar-refractivity contribution in [1.82, 2.24) is 4.98 Å². The predicted octanol–water partition coefficient (Wildman–Crippen LogP) is 1.69. The molecule has 1 heterocycles. The van der Waals surface area contributed by atoms with E-state index in [0.29, 0.717) is 5.82 Å². The van der Waals surface area contributed by atoms with Gasteiger partial charge in [0.2, 0.25) is 0 Å². The number of anilines is 1.